The lowest BCUT2D eigenvalue weighted by molar-refractivity contribution is -0.127. The molecule has 1 fully saturated rings. The SMILES string of the molecule is C[C@@H]1Oc2cc(S(=O)(=O)N3CCN(C(=O)/C=C/c4cccs4)CC3)c(Cl)cc2NC1=O. The molecule has 1 aromatic carbocycles. The molecule has 0 spiro atoms. The molecule has 2 amide bonds. The fourth-order valence-electron chi connectivity index (χ4n) is 3.34. The van der Waals surface area contributed by atoms with Crippen LogP contribution in [0.1, 0.15) is 11.8 Å². The lowest BCUT2D eigenvalue weighted by Gasteiger charge is -2.34. The Kier molecular flexibility index (Phi) is 6.07. The van der Waals surface area contributed by atoms with Crippen molar-refractivity contribution in [2.75, 3.05) is 31.5 Å². The number of nitrogens with one attached hydrogen (secondary N) is 1. The van der Waals surface area contributed by atoms with Gasteiger partial charge in [-0.15, -0.1) is 11.3 Å². The molecule has 3 heterocycles. The number of halogens is 1. The molecule has 1 aromatic heterocycles. The number of hydrogen-bond acceptors (Lipinski definition) is 6. The average Bonchev–Trinajstić information content (AvgIpc) is 3.26. The van der Waals surface area contributed by atoms with Crippen molar-refractivity contribution in [2.24, 2.45) is 0 Å². The first-order chi connectivity index (χ1) is 14.8. The number of sulfonamides is 1. The quantitative estimate of drug-likeness (QED) is 0.677. The summed E-state index contributed by atoms with van der Waals surface area (Å²) in [6, 6.07) is 6.54. The predicted octanol–water partition coefficient (Wildman–Crippen LogP) is 2.67. The van der Waals surface area contributed by atoms with Gasteiger partial charge in [0.1, 0.15) is 10.6 Å². The Morgan fingerprint density at radius 3 is 2.71 bits per heavy atom. The molecule has 2 aromatic rings. The van der Waals surface area contributed by atoms with Gasteiger partial charge in [0, 0.05) is 43.2 Å². The maximum Gasteiger partial charge on any atom is 0.265 e. The summed E-state index contributed by atoms with van der Waals surface area (Å²) in [5, 5.41) is 4.57. The summed E-state index contributed by atoms with van der Waals surface area (Å²) in [5.41, 5.74) is 0.333. The number of nitrogens with zero attached hydrogens (tertiary/aromatic N) is 2. The van der Waals surface area contributed by atoms with E-state index in [2.05, 4.69) is 5.32 Å². The van der Waals surface area contributed by atoms with Crippen molar-refractivity contribution >= 4 is 56.5 Å². The molecule has 1 saturated heterocycles. The second kappa shape index (κ2) is 8.62. The molecule has 0 unspecified atom stereocenters. The smallest absolute Gasteiger partial charge is 0.265 e. The normalized spacial score (nSPS) is 19.7. The molecule has 0 radical (unpaired) electrons. The molecular formula is C20H20ClN3O5S2. The van der Waals surface area contributed by atoms with E-state index in [1.807, 2.05) is 17.5 Å². The van der Waals surface area contributed by atoms with E-state index in [-0.39, 0.29) is 53.7 Å². The van der Waals surface area contributed by atoms with E-state index in [0.29, 0.717) is 5.69 Å². The highest BCUT2D eigenvalue weighted by molar-refractivity contribution is 7.89. The second-order valence-corrected chi connectivity index (χ2v) is 10.4. The van der Waals surface area contributed by atoms with Crippen molar-refractivity contribution in [3.8, 4) is 5.75 Å². The first-order valence-electron chi connectivity index (χ1n) is 9.57. The van der Waals surface area contributed by atoms with Gasteiger partial charge in [-0.1, -0.05) is 17.7 Å². The van der Waals surface area contributed by atoms with Gasteiger partial charge >= 0.3 is 0 Å². The Morgan fingerprint density at radius 1 is 1.29 bits per heavy atom. The van der Waals surface area contributed by atoms with Crippen molar-refractivity contribution in [3.05, 3.63) is 45.6 Å². The van der Waals surface area contributed by atoms with Gasteiger partial charge in [0.2, 0.25) is 15.9 Å². The highest BCUT2D eigenvalue weighted by atomic mass is 35.5. The van der Waals surface area contributed by atoms with Crippen LogP contribution in [0.15, 0.2) is 40.6 Å². The Morgan fingerprint density at radius 2 is 2.03 bits per heavy atom. The first-order valence-corrected chi connectivity index (χ1v) is 12.3. The number of benzene rings is 1. The average molecular weight is 482 g/mol. The molecule has 2 aliphatic heterocycles. The third-order valence-corrected chi connectivity index (χ3v) is 8.27. The Hall–Kier alpha value is -2.40. The van der Waals surface area contributed by atoms with E-state index in [0.717, 1.165) is 4.88 Å². The second-order valence-electron chi connectivity index (χ2n) is 7.11. The van der Waals surface area contributed by atoms with Crippen molar-refractivity contribution in [1.29, 1.82) is 0 Å². The van der Waals surface area contributed by atoms with Crippen molar-refractivity contribution in [1.82, 2.24) is 9.21 Å². The summed E-state index contributed by atoms with van der Waals surface area (Å²) in [6.07, 6.45) is 2.52. The van der Waals surface area contributed by atoms with Crippen molar-refractivity contribution < 1.29 is 22.7 Å². The van der Waals surface area contributed by atoms with Crippen molar-refractivity contribution in [2.45, 2.75) is 17.9 Å². The number of hydrogen-bond donors (Lipinski definition) is 1. The summed E-state index contributed by atoms with van der Waals surface area (Å²) in [7, 11) is -3.90. The third-order valence-electron chi connectivity index (χ3n) is 5.07. The lowest BCUT2D eigenvalue weighted by atomic mass is 10.2. The summed E-state index contributed by atoms with van der Waals surface area (Å²) >= 11 is 7.77. The van der Waals surface area contributed by atoms with E-state index in [1.54, 1.807) is 17.9 Å². The van der Waals surface area contributed by atoms with Crippen LogP contribution >= 0.6 is 22.9 Å². The minimum Gasteiger partial charge on any atom is -0.479 e. The van der Waals surface area contributed by atoms with Crippen LogP contribution < -0.4 is 10.1 Å². The largest absolute Gasteiger partial charge is 0.479 e. The number of rotatable bonds is 4. The summed E-state index contributed by atoms with van der Waals surface area (Å²) in [5.74, 6) is -0.230. The maximum atomic E-state index is 13.2. The minimum atomic E-state index is -3.90. The van der Waals surface area contributed by atoms with Gasteiger partial charge < -0.3 is 15.0 Å². The standard InChI is InChI=1S/C20H20ClN3O5S2/c1-13-20(26)22-16-11-15(21)18(12-17(16)29-13)31(27,28)24-8-6-23(7-9-24)19(25)5-4-14-3-2-10-30-14/h2-5,10-13H,6-9H2,1H3,(H,22,26)/b5-4+/t13-/m0/s1. The zero-order chi connectivity index (χ0) is 22.2. The summed E-state index contributed by atoms with van der Waals surface area (Å²) in [6.45, 7) is 2.44. The van der Waals surface area contributed by atoms with E-state index in [9.17, 15) is 18.0 Å². The number of thiophene rings is 1. The van der Waals surface area contributed by atoms with Gasteiger partial charge in [0.05, 0.1) is 10.7 Å². The monoisotopic (exact) mass is 481 g/mol. The Labute approximate surface area is 189 Å². The molecule has 31 heavy (non-hydrogen) atoms. The van der Waals surface area contributed by atoms with E-state index >= 15 is 0 Å². The van der Waals surface area contributed by atoms with Crippen LogP contribution in [-0.2, 0) is 19.6 Å². The number of amides is 2. The van der Waals surface area contributed by atoms with E-state index in [1.165, 1.54) is 33.9 Å². The molecule has 1 N–H and O–H groups in total. The molecule has 11 heteroatoms. The van der Waals surface area contributed by atoms with Crippen molar-refractivity contribution in [3.63, 3.8) is 0 Å². The van der Waals surface area contributed by atoms with E-state index < -0.39 is 16.1 Å². The topological polar surface area (TPSA) is 96.0 Å². The molecule has 8 nitrogen and oxygen atoms in total. The third kappa shape index (κ3) is 4.47. The van der Waals surface area contributed by atoms with Crippen LogP contribution in [0.2, 0.25) is 5.02 Å². The molecule has 164 valence electrons. The summed E-state index contributed by atoms with van der Waals surface area (Å²) < 4.78 is 33.2. The molecular weight excluding hydrogens is 462 g/mol. The first kappa shape index (κ1) is 21.8. The fourth-order valence-corrected chi connectivity index (χ4v) is 5.90. The zero-order valence-electron chi connectivity index (χ0n) is 16.6. The maximum absolute atomic E-state index is 13.2. The number of piperazine rings is 1. The number of carbonyl (C=O) groups excluding carboxylic acids is 2. The van der Waals surface area contributed by atoms with Gasteiger partial charge in [0.15, 0.2) is 6.10 Å². The van der Waals surface area contributed by atoms with Gasteiger partial charge in [-0.05, 0) is 30.5 Å². The molecule has 1 atom stereocenters. The molecule has 0 saturated carbocycles. The number of carbonyl (C=O) groups is 2. The highest BCUT2D eigenvalue weighted by Gasteiger charge is 2.33. The van der Waals surface area contributed by atoms with Crippen LogP contribution in [-0.4, -0.2) is 61.7 Å². The Balaban J connectivity index is 1.46. The zero-order valence-corrected chi connectivity index (χ0v) is 19.0. The molecule has 0 aliphatic carbocycles. The van der Waals surface area contributed by atoms with Crippen LogP contribution in [0.5, 0.6) is 5.75 Å². The predicted molar refractivity (Wildman–Crippen MR) is 119 cm³/mol. The highest BCUT2D eigenvalue weighted by Crippen LogP contribution is 2.38. The lowest BCUT2D eigenvalue weighted by Crippen LogP contribution is -2.50. The number of fused-ring (bicyclic) bond motifs is 1. The molecule has 0 bridgehead atoms. The minimum absolute atomic E-state index is 0.00501. The van der Waals surface area contributed by atoms with Crippen LogP contribution in [0.4, 0.5) is 5.69 Å². The van der Waals surface area contributed by atoms with Crippen LogP contribution in [0.25, 0.3) is 6.08 Å². The Bertz CT molecular complexity index is 1140. The van der Waals surface area contributed by atoms with Gasteiger partial charge in [-0.25, -0.2) is 8.42 Å². The number of anilines is 1. The summed E-state index contributed by atoms with van der Waals surface area (Å²) in [4.78, 5) is 26.7. The van der Waals surface area contributed by atoms with Gasteiger partial charge in [0.25, 0.3) is 5.91 Å². The van der Waals surface area contributed by atoms with E-state index in [4.69, 9.17) is 16.3 Å². The van der Waals surface area contributed by atoms with Crippen LogP contribution in [0.3, 0.4) is 0 Å². The van der Waals surface area contributed by atoms with Gasteiger partial charge in [-0.2, -0.15) is 4.31 Å². The number of ether oxygens (including phenoxy) is 1. The molecule has 2 aliphatic rings. The van der Waals surface area contributed by atoms with Crippen LogP contribution in [0, 0.1) is 0 Å². The van der Waals surface area contributed by atoms with Gasteiger partial charge in [-0.3, -0.25) is 9.59 Å². The fraction of sp³-hybridized carbons (Fsp3) is 0.300. The molecule has 4 rings (SSSR count).